The van der Waals surface area contributed by atoms with E-state index in [1.54, 1.807) is 4.68 Å². The lowest BCUT2D eigenvalue weighted by Gasteiger charge is -2.35. The highest BCUT2D eigenvalue weighted by molar-refractivity contribution is 6.32. The average molecular weight is 298 g/mol. The van der Waals surface area contributed by atoms with Gasteiger partial charge in [0.15, 0.2) is 0 Å². The lowest BCUT2D eigenvalue weighted by molar-refractivity contribution is -0.129. The summed E-state index contributed by atoms with van der Waals surface area (Å²) in [6.45, 7) is 5.94. The molecular formula is C15H24ClN3O. The molecule has 5 heteroatoms. The van der Waals surface area contributed by atoms with Crippen molar-refractivity contribution in [2.45, 2.75) is 46.0 Å². The van der Waals surface area contributed by atoms with Crippen LogP contribution in [0.25, 0.3) is 0 Å². The molecule has 1 aliphatic rings. The van der Waals surface area contributed by atoms with E-state index in [1.165, 1.54) is 0 Å². The van der Waals surface area contributed by atoms with Crippen LogP contribution in [0, 0.1) is 5.41 Å². The summed E-state index contributed by atoms with van der Waals surface area (Å²) in [4.78, 5) is 12.8. The van der Waals surface area contributed by atoms with Gasteiger partial charge in [0.25, 0.3) is 0 Å². The van der Waals surface area contributed by atoms with E-state index in [9.17, 15) is 4.79 Å². The van der Waals surface area contributed by atoms with Crippen molar-refractivity contribution in [3.8, 4) is 0 Å². The van der Waals surface area contributed by atoms with Gasteiger partial charge in [-0.3, -0.25) is 9.48 Å². The molecule has 20 heavy (non-hydrogen) atoms. The Morgan fingerprint density at radius 2 is 2.25 bits per heavy atom. The molecule has 2 rings (SSSR count). The van der Waals surface area contributed by atoms with E-state index in [1.807, 2.05) is 14.0 Å². The molecule has 1 fully saturated rings. The van der Waals surface area contributed by atoms with Crippen LogP contribution in [0.4, 0.5) is 0 Å². The van der Waals surface area contributed by atoms with Crippen molar-refractivity contribution in [2.75, 3.05) is 13.1 Å². The number of aryl methyl sites for hydroxylation is 2. The third kappa shape index (κ3) is 2.77. The fourth-order valence-electron chi connectivity index (χ4n) is 3.06. The molecule has 4 nitrogen and oxygen atoms in total. The van der Waals surface area contributed by atoms with Gasteiger partial charge in [0.05, 0.1) is 22.8 Å². The van der Waals surface area contributed by atoms with Gasteiger partial charge in [-0.05, 0) is 32.2 Å². The molecule has 0 saturated carbocycles. The zero-order valence-electron chi connectivity index (χ0n) is 12.6. The van der Waals surface area contributed by atoms with Gasteiger partial charge in [-0.1, -0.05) is 25.4 Å². The van der Waals surface area contributed by atoms with Gasteiger partial charge in [0.2, 0.25) is 0 Å². The predicted molar refractivity (Wildman–Crippen MR) is 81.1 cm³/mol. The minimum Gasteiger partial charge on any atom is -0.316 e. The van der Waals surface area contributed by atoms with Gasteiger partial charge in [0.1, 0.15) is 5.78 Å². The number of carbonyl (C=O) groups is 1. The van der Waals surface area contributed by atoms with Crippen LogP contribution < -0.4 is 5.32 Å². The summed E-state index contributed by atoms with van der Waals surface area (Å²) in [5.74, 6) is 0.291. The first kappa shape index (κ1) is 15.5. The number of piperidine rings is 1. The third-order valence-corrected chi connectivity index (χ3v) is 5.01. The Balaban J connectivity index is 2.20. The molecule has 1 saturated heterocycles. The van der Waals surface area contributed by atoms with E-state index in [2.05, 4.69) is 17.3 Å². The summed E-state index contributed by atoms with van der Waals surface area (Å²) in [5.41, 5.74) is 1.51. The molecule has 1 aliphatic heterocycles. The van der Waals surface area contributed by atoms with Crippen LogP contribution >= 0.6 is 11.6 Å². The molecule has 1 aromatic heterocycles. The molecule has 0 radical (unpaired) electrons. The number of aromatic nitrogens is 2. The van der Waals surface area contributed by atoms with Crippen LogP contribution in [0.1, 0.15) is 44.5 Å². The zero-order chi connectivity index (χ0) is 14.8. The topological polar surface area (TPSA) is 46.9 Å². The lowest BCUT2D eigenvalue weighted by Crippen LogP contribution is -2.46. The number of Topliss-reactive ketones (excluding diaryl/α,β-unsaturated/α-hetero) is 1. The van der Waals surface area contributed by atoms with E-state index in [0.717, 1.165) is 50.2 Å². The van der Waals surface area contributed by atoms with Crippen LogP contribution in [0.15, 0.2) is 0 Å². The molecule has 0 aromatic carbocycles. The largest absolute Gasteiger partial charge is 0.316 e. The second kappa shape index (κ2) is 6.27. The van der Waals surface area contributed by atoms with Crippen molar-refractivity contribution < 1.29 is 4.79 Å². The average Bonchev–Trinajstić information content (AvgIpc) is 2.75. The summed E-state index contributed by atoms with van der Waals surface area (Å²) < 4.78 is 1.76. The smallest absolute Gasteiger partial charge is 0.146 e. The molecule has 1 aromatic rings. The zero-order valence-corrected chi connectivity index (χ0v) is 13.4. The van der Waals surface area contributed by atoms with Crippen LogP contribution in [0.2, 0.25) is 5.02 Å². The third-order valence-electron chi connectivity index (χ3n) is 4.57. The second-order valence-electron chi connectivity index (χ2n) is 5.70. The first-order chi connectivity index (χ1) is 9.54. The van der Waals surface area contributed by atoms with Crippen molar-refractivity contribution in [3.05, 3.63) is 16.4 Å². The minimum atomic E-state index is -0.224. The molecule has 112 valence electrons. The van der Waals surface area contributed by atoms with Crippen molar-refractivity contribution in [1.29, 1.82) is 0 Å². The summed E-state index contributed by atoms with van der Waals surface area (Å²) >= 11 is 6.35. The van der Waals surface area contributed by atoms with Crippen LogP contribution in [0.5, 0.6) is 0 Å². The number of rotatable bonds is 5. The molecule has 1 atom stereocenters. The van der Waals surface area contributed by atoms with Gasteiger partial charge < -0.3 is 5.32 Å². The number of nitrogens with zero attached hydrogens (tertiary/aromatic N) is 2. The van der Waals surface area contributed by atoms with E-state index in [-0.39, 0.29) is 5.41 Å². The number of ketones is 1. The van der Waals surface area contributed by atoms with Crippen LogP contribution in [-0.4, -0.2) is 28.7 Å². The Morgan fingerprint density at radius 3 is 2.75 bits per heavy atom. The van der Waals surface area contributed by atoms with E-state index >= 15 is 0 Å². The Hall–Kier alpha value is -0.870. The van der Waals surface area contributed by atoms with Crippen molar-refractivity contribution in [1.82, 2.24) is 15.1 Å². The molecule has 0 bridgehead atoms. The maximum atomic E-state index is 12.8. The minimum absolute atomic E-state index is 0.224. The Labute approximate surface area is 125 Å². The Morgan fingerprint density at radius 1 is 1.50 bits per heavy atom. The van der Waals surface area contributed by atoms with Gasteiger partial charge in [-0.2, -0.15) is 5.10 Å². The van der Waals surface area contributed by atoms with Crippen molar-refractivity contribution in [3.63, 3.8) is 0 Å². The summed E-state index contributed by atoms with van der Waals surface area (Å²) in [6.07, 6.45) is 4.11. The Kier molecular flexibility index (Phi) is 4.86. The number of carbonyl (C=O) groups excluding carboxylic acids is 1. The predicted octanol–water partition coefficient (Wildman–Crippen LogP) is 2.53. The quantitative estimate of drug-likeness (QED) is 0.908. The molecular weight excluding hydrogens is 274 g/mol. The van der Waals surface area contributed by atoms with E-state index in [4.69, 9.17) is 11.6 Å². The summed E-state index contributed by atoms with van der Waals surface area (Å²) in [5, 5.41) is 8.42. The van der Waals surface area contributed by atoms with Gasteiger partial charge in [-0.25, -0.2) is 0 Å². The molecule has 1 unspecified atom stereocenters. The molecule has 0 aliphatic carbocycles. The van der Waals surface area contributed by atoms with E-state index in [0.29, 0.717) is 17.2 Å². The number of nitrogens with one attached hydrogen (secondary N) is 1. The SMILES string of the molecule is CCc1nn(C)c(CC(=O)C2(CC)CCCNC2)c1Cl. The number of hydrogen-bond acceptors (Lipinski definition) is 3. The summed E-state index contributed by atoms with van der Waals surface area (Å²) in [7, 11) is 1.87. The lowest BCUT2D eigenvalue weighted by atomic mass is 9.73. The fourth-order valence-corrected chi connectivity index (χ4v) is 3.42. The molecule has 0 amide bonds. The summed E-state index contributed by atoms with van der Waals surface area (Å²) in [6, 6.07) is 0. The first-order valence-corrected chi connectivity index (χ1v) is 7.86. The van der Waals surface area contributed by atoms with Crippen LogP contribution in [0.3, 0.4) is 0 Å². The standard InChI is InChI=1S/C15H24ClN3O/c1-4-11-14(16)12(19(3)18-11)9-13(20)15(5-2)7-6-8-17-10-15/h17H,4-10H2,1-3H3. The molecule has 2 heterocycles. The van der Waals surface area contributed by atoms with Gasteiger partial charge in [0, 0.05) is 19.0 Å². The fraction of sp³-hybridized carbons (Fsp3) is 0.733. The van der Waals surface area contributed by atoms with Crippen molar-refractivity contribution in [2.24, 2.45) is 12.5 Å². The number of hydrogen-bond donors (Lipinski definition) is 1. The van der Waals surface area contributed by atoms with Crippen LogP contribution in [-0.2, 0) is 24.7 Å². The number of halogens is 1. The highest BCUT2D eigenvalue weighted by atomic mass is 35.5. The molecule has 0 spiro atoms. The second-order valence-corrected chi connectivity index (χ2v) is 6.08. The van der Waals surface area contributed by atoms with Gasteiger partial charge >= 0.3 is 0 Å². The highest BCUT2D eigenvalue weighted by Gasteiger charge is 2.38. The maximum Gasteiger partial charge on any atom is 0.146 e. The Bertz CT molecular complexity index is 490. The highest BCUT2D eigenvalue weighted by Crippen LogP contribution is 2.33. The maximum absolute atomic E-state index is 12.8. The normalized spacial score (nSPS) is 23.0. The molecule has 1 N–H and O–H groups in total. The van der Waals surface area contributed by atoms with Crippen molar-refractivity contribution >= 4 is 17.4 Å². The first-order valence-electron chi connectivity index (χ1n) is 7.48. The van der Waals surface area contributed by atoms with Gasteiger partial charge in [-0.15, -0.1) is 0 Å². The monoisotopic (exact) mass is 297 g/mol. The van der Waals surface area contributed by atoms with E-state index < -0.39 is 0 Å².